The minimum atomic E-state index is -0.201. The first kappa shape index (κ1) is 20.5. The van der Waals surface area contributed by atoms with Crippen molar-refractivity contribution >= 4 is 11.7 Å². The molecule has 3 saturated heterocycles. The van der Waals surface area contributed by atoms with Crippen LogP contribution in [0.1, 0.15) is 56.7 Å². The minimum absolute atomic E-state index is 0.131. The van der Waals surface area contributed by atoms with Crippen LogP contribution in [0.4, 0.5) is 10.2 Å². The normalized spacial score (nSPS) is 28.1. The number of halogens is 1. The molecule has 4 atom stereocenters. The lowest BCUT2D eigenvalue weighted by Gasteiger charge is -2.57. The Balaban J connectivity index is 1.46. The van der Waals surface area contributed by atoms with E-state index in [4.69, 9.17) is 4.98 Å². The molecule has 4 nitrogen and oxygen atoms in total. The van der Waals surface area contributed by atoms with Crippen LogP contribution in [-0.2, 0) is 11.2 Å². The molecule has 0 aliphatic carbocycles. The summed E-state index contributed by atoms with van der Waals surface area (Å²) < 4.78 is 13.9. The molecule has 31 heavy (non-hydrogen) atoms. The zero-order valence-corrected chi connectivity index (χ0v) is 18.5. The third kappa shape index (κ3) is 3.95. The van der Waals surface area contributed by atoms with Gasteiger partial charge in [-0.3, -0.25) is 4.79 Å². The van der Waals surface area contributed by atoms with Gasteiger partial charge >= 0.3 is 0 Å². The third-order valence-electron chi connectivity index (χ3n) is 7.50. The number of rotatable bonds is 4. The molecule has 1 aromatic heterocycles. The number of carbonyl (C=O) groups excluding carboxylic acids is 1. The summed E-state index contributed by atoms with van der Waals surface area (Å²) in [5, 5.41) is 0. The zero-order chi connectivity index (χ0) is 21.5. The van der Waals surface area contributed by atoms with Gasteiger partial charge in [-0.1, -0.05) is 32.0 Å². The first-order valence-corrected chi connectivity index (χ1v) is 11.8. The Labute approximate surface area is 184 Å². The van der Waals surface area contributed by atoms with Crippen LogP contribution in [0.15, 0.2) is 42.5 Å². The molecule has 5 rings (SSSR count). The summed E-state index contributed by atoms with van der Waals surface area (Å²) in [6, 6.07) is 13.7. The number of aromatic nitrogens is 1. The van der Waals surface area contributed by atoms with Crippen LogP contribution in [0.2, 0.25) is 0 Å². The zero-order valence-electron chi connectivity index (χ0n) is 18.5. The van der Waals surface area contributed by atoms with Gasteiger partial charge in [0.15, 0.2) is 0 Å². The molecular weight excluding hydrogens is 389 g/mol. The highest BCUT2D eigenvalue weighted by atomic mass is 19.1. The summed E-state index contributed by atoms with van der Waals surface area (Å²) in [4.78, 5) is 22.6. The molecule has 3 fully saturated rings. The van der Waals surface area contributed by atoms with E-state index in [1.165, 1.54) is 6.07 Å². The quantitative estimate of drug-likeness (QED) is 0.712. The van der Waals surface area contributed by atoms with E-state index in [1.807, 2.05) is 6.07 Å². The Bertz CT molecular complexity index is 961. The molecule has 2 bridgehead atoms. The molecule has 0 spiro atoms. The molecule has 4 heterocycles. The van der Waals surface area contributed by atoms with Gasteiger partial charge in [-0.15, -0.1) is 0 Å². The number of pyridine rings is 1. The van der Waals surface area contributed by atoms with Crippen molar-refractivity contribution in [3.63, 3.8) is 0 Å². The summed E-state index contributed by atoms with van der Waals surface area (Å²) in [5.74, 6) is 2.41. The van der Waals surface area contributed by atoms with Crippen molar-refractivity contribution in [2.45, 2.75) is 64.0 Å². The number of benzene rings is 1. The van der Waals surface area contributed by atoms with Crippen LogP contribution in [-0.4, -0.2) is 41.0 Å². The highest BCUT2D eigenvalue weighted by molar-refractivity contribution is 5.78. The molecule has 1 aromatic carbocycles. The summed E-state index contributed by atoms with van der Waals surface area (Å²) in [6.07, 6.45) is 4.59. The van der Waals surface area contributed by atoms with E-state index in [2.05, 4.69) is 41.8 Å². The second-order valence-electron chi connectivity index (χ2n) is 9.90. The summed E-state index contributed by atoms with van der Waals surface area (Å²) >= 11 is 0. The molecular formula is C26H32FN3O. The maximum absolute atomic E-state index is 13.9. The lowest BCUT2D eigenvalue weighted by molar-refractivity contribution is -0.148. The fraction of sp³-hybridized carbons (Fsp3) is 0.538. The highest BCUT2D eigenvalue weighted by Gasteiger charge is 2.49. The number of hydrogen-bond donors (Lipinski definition) is 0. The predicted octanol–water partition coefficient (Wildman–Crippen LogP) is 4.79. The van der Waals surface area contributed by atoms with E-state index in [-0.39, 0.29) is 11.9 Å². The Hall–Kier alpha value is -2.43. The third-order valence-corrected chi connectivity index (χ3v) is 7.50. The molecule has 164 valence electrons. The topological polar surface area (TPSA) is 36.4 Å². The molecule has 0 saturated carbocycles. The fourth-order valence-corrected chi connectivity index (χ4v) is 6.07. The fourth-order valence-electron chi connectivity index (χ4n) is 6.07. The smallest absolute Gasteiger partial charge is 0.223 e. The SMILES string of the molecule is CC(C)c1cccc(N2C[C@H]3C[C@@H](C2)[C@H](Cc2cccc(F)c2)N2C(=O)CCC[C@@H]32)n1. The van der Waals surface area contributed by atoms with Gasteiger partial charge in [0.1, 0.15) is 11.6 Å². The second-order valence-corrected chi connectivity index (χ2v) is 9.90. The standard InChI is InChI=1S/C26H32FN3O/c1-17(2)22-8-4-10-25(28-22)29-15-19-14-20(16-29)24(13-18-6-3-7-21(27)12-18)30-23(19)9-5-11-26(30)31/h3-4,6-8,10,12,17,19-20,23-24H,5,9,11,13-16H2,1-2H3/t19-,20+,23+,24+/m1/s1. The number of carbonyl (C=O) groups is 1. The number of amides is 1. The van der Waals surface area contributed by atoms with E-state index < -0.39 is 0 Å². The molecule has 0 unspecified atom stereocenters. The van der Waals surface area contributed by atoms with Crippen molar-refractivity contribution in [1.82, 2.24) is 9.88 Å². The molecule has 0 N–H and O–H groups in total. The molecule has 2 aromatic rings. The molecule has 3 aliphatic heterocycles. The first-order valence-electron chi connectivity index (χ1n) is 11.8. The van der Waals surface area contributed by atoms with Crippen molar-refractivity contribution in [3.8, 4) is 0 Å². The van der Waals surface area contributed by atoms with Crippen LogP contribution < -0.4 is 4.90 Å². The van der Waals surface area contributed by atoms with E-state index in [9.17, 15) is 9.18 Å². The van der Waals surface area contributed by atoms with E-state index in [0.29, 0.717) is 36.1 Å². The average Bonchev–Trinajstić information content (AvgIpc) is 2.77. The van der Waals surface area contributed by atoms with Gasteiger partial charge in [0, 0.05) is 37.3 Å². The van der Waals surface area contributed by atoms with Gasteiger partial charge in [-0.05, 0) is 73.3 Å². The highest BCUT2D eigenvalue weighted by Crippen LogP contribution is 2.43. The Morgan fingerprint density at radius 3 is 2.74 bits per heavy atom. The number of hydrogen-bond acceptors (Lipinski definition) is 3. The van der Waals surface area contributed by atoms with Crippen LogP contribution >= 0.6 is 0 Å². The van der Waals surface area contributed by atoms with Gasteiger partial charge in [0.2, 0.25) is 5.91 Å². The number of anilines is 1. The molecule has 0 radical (unpaired) electrons. The minimum Gasteiger partial charge on any atom is -0.356 e. The number of piperidine rings is 3. The van der Waals surface area contributed by atoms with Crippen molar-refractivity contribution in [2.75, 3.05) is 18.0 Å². The van der Waals surface area contributed by atoms with Crippen molar-refractivity contribution in [1.29, 1.82) is 0 Å². The van der Waals surface area contributed by atoms with Gasteiger partial charge in [0.05, 0.1) is 0 Å². The molecule has 3 aliphatic rings. The Kier molecular flexibility index (Phi) is 5.45. The van der Waals surface area contributed by atoms with Crippen molar-refractivity contribution < 1.29 is 9.18 Å². The monoisotopic (exact) mass is 421 g/mol. The van der Waals surface area contributed by atoms with Crippen LogP contribution in [0, 0.1) is 17.7 Å². The van der Waals surface area contributed by atoms with Crippen molar-refractivity contribution in [3.05, 3.63) is 59.5 Å². The summed E-state index contributed by atoms with van der Waals surface area (Å²) in [6.45, 7) is 6.23. The predicted molar refractivity (Wildman–Crippen MR) is 121 cm³/mol. The average molecular weight is 422 g/mol. The Morgan fingerprint density at radius 1 is 1.13 bits per heavy atom. The number of fused-ring (bicyclic) bond motifs is 4. The van der Waals surface area contributed by atoms with E-state index in [0.717, 1.165) is 55.8 Å². The second kappa shape index (κ2) is 8.25. The van der Waals surface area contributed by atoms with E-state index >= 15 is 0 Å². The largest absolute Gasteiger partial charge is 0.356 e. The number of nitrogens with zero attached hydrogens (tertiary/aromatic N) is 3. The van der Waals surface area contributed by atoms with Gasteiger partial charge < -0.3 is 9.80 Å². The van der Waals surface area contributed by atoms with Gasteiger partial charge in [-0.25, -0.2) is 9.37 Å². The van der Waals surface area contributed by atoms with Crippen LogP contribution in [0.5, 0.6) is 0 Å². The van der Waals surface area contributed by atoms with Gasteiger partial charge in [-0.2, -0.15) is 0 Å². The van der Waals surface area contributed by atoms with Crippen LogP contribution in [0.3, 0.4) is 0 Å². The lowest BCUT2D eigenvalue weighted by atomic mass is 9.70. The first-order chi connectivity index (χ1) is 15.0. The summed E-state index contributed by atoms with van der Waals surface area (Å²) in [5.41, 5.74) is 2.11. The van der Waals surface area contributed by atoms with Gasteiger partial charge in [0.25, 0.3) is 0 Å². The maximum atomic E-state index is 13.9. The summed E-state index contributed by atoms with van der Waals surface area (Å²) in [7, 11) is 0. The molecule has 5 heteroatoms. The van der Waals surface area contributed by atoms with Crippen molar-refractivity contribution in [2.24, 2.45) is 11.8 Å². The lowest BCUT2D eigenvalue weighted by Crippen LogP contribution is -2.65. The van der Waals surface area contributed by atoms with Crippen LogP contribution in [0.25, 0.3) is 0 Å². The molecule has 1 amide bonds. The van der Waals surface area contributed by atoms with E-state index in [1.54, 1.807) is 12.1 Å². The Morgan fingerprint density at radius 2 is 1.94 bits per heavy atom. The maximum Gasteiger partial charge on any atom is 0.223 e.